The Morgan fingerprint density at radius 2 is 0.979 bits per heavy atom. The highest BCUT2D eigenvalue weighted by molar-refractivity contribution is 6.28. The van der Waals surface area contributed by atoms with Crippen LogP contribution in [0.5, 0.6) is 5.75 Å². The van der Waals surface area contributed by atoms with Crippen molar-refractivity contribution in [1.29, 1.82) is 0 Å². The monoisotopic (exact) mass is 1370 g/mol. The maximum absolute atomic E-state index is 14.5. The van der Waals surface area contributed by atoms with Crippen molar-refractivity contribution in [2.75, 3.05) is 110 Å². The van der Waals surface area contributed by atoms with Gasteiger partial charge in [0.05, 0.1) is 49.5 Å². The van der Waals surface area contributed by atoms with Crippen LogP contribution < -0.4 is 58.3 Å². The number of ether oxygens (including phenoxy) is 1. The number of rotatable bonds is 16. The number of likely N-dealkylation sites (N-methyl/N-ethyl adjacent to an activating group) is 2. The van der Waals surface area contributed by atoms with Crippen LogP contribution in [0.1, 0.15) is 56.3 Å². The number of nitrogens with zero attached hydrogens (tertiary/aromatic N) is 10. The normalized spacial score (nSPS) is 25.7. The smallest absolute Gasteiger partial charge is 0.229 e. The number of fused-ring (bicyclic) bond motifs is 6. The first-order valence-electron chi connectivity index (χ1n) is 32.4. The van der Waals surface area contributed by atoms with Crippen LogP contribution in [0.2, 0.25) is 10.6 Å². The molecule has 6 aromatic rings. The number of carbonyl (C=O) groups excluding carboxylic acids is 3. The lowest BCUT2D eigenvalue weighted by molar-refractivity contribution is -0.126. The van der Waals surface area contributed by atoms with Gasteiger partial charge < -0.3 is 68.1 Å². The lowest BCUT2D eigenvalue weighted by Crippen LogP contribution is -2.44. The summed E-state index contributed by atoms with van der Waals surface area (Å²) in [7, 11) is 5.93. The quantitative estimate of drug-likeness (QED) is 0.0254. The molecule has 0 unspecified atom stereocenters. The molecule has 2 saturated heterocycles. The molecule has 6 bridgehead atoms. The number of nitrogens with one attached hydrogen (secondary N) is 5. The highest BCUT2D eigenvalue weighted by Crippen LogP contribution is 2.48. The zero-order valence-corrected chi connectivity index (χ0v) is 56.0. The second-order valence-corrected chi connectivity index (χ2v) is 26.7. The molecule has 3 aromatic carbocycles. The second kappa shape index (κ2) is 31.2. The first-order valence-corrected chi connectivity index (χ1v) is 33.2. The number of anilines is 8. The van der Waals surface area contributed by atoms with Crippen LogP contribution in [0.25, 0.3) is 0 Å². The van der Waals surface area contributed by atoms with E-state index >= 15 is 0 Å². The van der Waals surface area contributed by atoms with Crippen molar-refractivity contribution < 1.29 is 32.3 Å². The van der Waals surface area contributed by atoms with Crippen molar-refractivity contribution in [3.05, 3.63) is 160 Å². The number of halogens is 5. The number of hydrogen-bond donors (Lipinski definition) is 8. The van der Waals surface area contributed by atoms with Crippen LogP contribution in [0.4, 0.5) is 59.3 Å². The van der Waals surface area contributed by atoms with Gasteiger partial charge in [0.2, 0.25) is 34.2 Å². The number of aromatic nitrogens is 6. The Kier molecular flexibility index (Phi) is 22.8. The van der Waals surface area contributed by atoms with Crippen molar-refractivity contribution in [3.8, 4) is 5.75 Å². The molecule has 0 radical (unpaired) electrons. The van der Waals surface area contributed by atoms with E-state index in [1.54, 1.807) is 7.11 Å². The van der Waals surface area contributed by atoms with Crippen molar-refractivity contribution in [2.24, 2.45) is 64.7 Å². The Balaban J connectivity index is 0.000000146. The minimum Gasteiger partial charge on any atom is -0.497 e. The molecule has 2 aliphatic heterocycles. The summed E-state index contributed by atoms with van der Waals surface area (Å²) in [6.07, 6.45) is 18.0. The lowest BCUT2D eigenvalue weighted by atomic mass is 9.87. The number of hydrogen-bond acceptors (Lipinski definition) is 19. The Morgan fingerprint density at radius 1 is 0.567 bits per heavy atom. The summed E-state index contributed by atoms with van der Waals surface area (Å²) in [6, 6.07) is 19.0. The van der Waals surface area contributed by atoms with Crippen molar-refractivity contribution in [1.82, 2.24) is 45.0 Å². The average molecular weight is 1370 g/mol. The minimum absolute atomic E-state index is 0. The van der Waals surface area contributed by atoms with E-state index in [4.69, 9.17) is 45.1 Å². The van der Waals surface area contributed by atoms with Crippen LogP contribution in [0.15, 0.2) is 116 Å². The molecule has 3 amide bonds. The number of nitrogen functional groups attached to an aromatic ring is 1. The first kappa shape index (κ1) is 71.0. The summed E-state index contributed by atoms with van der Waals surface area (Å²) in [6.45, 7) is 14.8. The average Bonchev–Trinajstić information content (AvgIpc) is 1.64. The zero-order chi connectivity index (χ0) is 68.1. The van der Waals surface area contributed by atoms with Crippen LogP contribution in [-0.2, 0) is 14.4 Å². The van der Waals surface area contributed by atoms with Gasteiger partial charge in [-0.05, 0) is 178 Å². The number of amides is 3. The van der Waals surface area contributed by atoms with Crippen LogP contribution in [-0.4, -0.2) is 149 Å². The molecule has 3 saturated carbocycles. The maximum Gasteiger partial charge on any atom is 0.229 e. The highest BCUT2D eigenvalue weighted by atomic mass is 35.5. The summed E-state index contributed by atoms with van der Waals surface area (Å²) >= 11 is 11.5. The van der Waals surface area contributed by atoms with Crippen LogP contribution >= 0.6 is 23.2 Å². The molecule has 5 heterocycles. The van der Waals surface area contributed by atoms with E-state index in [-0.39, 0.29) is 131 Å². The fourth-order valence-electron chi connectivity index (χ4n) is 14.7. The Labute approximate surface area is 574 Å². The van der Waals surface area contributed by atoms with Crippen molar-refractivity contribution >= 4 is 87.1 Å². The minimum atomic E-state index is -0.598. The van der Waals surface area contributed by atoms with E-state index < -0.39 is 17.5 Å². The summed E-state index contributed by atoms with van der Waals surface area (Å²) in [5.74, 6) is -1.63. The van der Waals surface area contributed by atoms with Gasteiger partial charge in [-0.1, -0.05) is 56.0 Å². The van der Waals surface area contributed by atoms with Gasteiger partial charge >= 0.3 is 0 Å². The summed E-state index contributed by atoms with van der Waals surface area (Å²) < 4.78 is 47.4. The predicted molar refractivity (Wildman–Crippen MR) is 375 cm³/mol. The second-order valence-electron chi connectivity index (χ2n) is 26.1. The molecule has 11 N–H and O–H groups in total. The summed E-state index contributed by atoms with van der Waals surface area (Å²) in [5, 5.41) is 15.4. The molecule has 97 heavy (non-hydrogen) atoms. The molecule has 27 heteroatoms. The van der Waals surface area contributed by atoms with Crippen LogP contribution in [0.3, 0.4) is 0 Å². The third-order valence-corrected chi connectivity index (χ3v) is 20.1. The highest BCUT2D eigenvalue weighted by Gasteiger charge is 2.50. The molecular formula is C70H87Cl2F3N18O4. The van der Waals surface area contributed by atoms with Gasteiger partial charge in [0.15, 0.2) is 34.9 Å². The molecule has 6 aliphatic carbocycles. The third kappa shape index (κ3) is 16.6. The van der Waals surface area contributed by atoms with E-state index in [1.807, 2.05) is 67.6 Å². The van der Waals surface area contributed by atoms with Gasteiger partial charge in [-0.15, -0.1) is 0 Å². The lowest BCUT2D eigenvalue weighted by Gasteiger charge is -2.35. The van der Waals surface area contributed by atoms with E-state index in [9.17, 15) is 27.6 Å². The van der Waals surface area contributed by atoms with Crippen molar-refractivity contribution in [3.63, 3.8) is 0 Å². The van der Waals surface area contributed by atoms with Crippen LogP contribution in [0, 0.1) is 84.6 Å². The Hall–Kier alpha value is -8.78. The standard InChI is InChI=1S/C24H30FN7O.C21H22ClFN4O2.C12H12ClFN4O.C12H19N3.CH4/c1-14-11-17(5-6-19(14)32-9-7-31(2)8-10-32)28-24-27-13-18(25)23(30-24)29-21-16-4-3-15(12-16)20(21)22(26)33;1-11(12-5-7-15(29-2)8-6-12)25-20(28)17-13-3-4-14(9-13)18(17)26-19-16(23)10-24-21(22)27-19;13-12-16-4-7(14)11(18-12)17-9-6-2-1-5(3-6)8(9)10(15)19;1-10-9-11(13)3-4-12(10)15-7-5-14(2)6-8-15;/h3-6,11,13,15-16,20-21H,7-10,12H2,1-2H3,(H2,26,33)(H2,27,28,29,30);3-8,10-11,13-14,17-18H,9H2,1-2H3,(H,25,28)(H,24,26,27);1-2,4-6,8-9H,3H2,(H2,15,19)(H,16,17,18);3-4,9H,5-8,13H2,1-2H3;1H4/t15-,16+,20+,21-;11-,13-,14+,17+,18-;5-,6+,8+,9-;;/m111../s1. The largest absolute Gasteiger partial charge is 0.497 e. The third-order valence-electron chi connectivity index (χ3n) is 19.8. The molecule has 0 spiro atoms. The van der Waals surface area contributed by atoms with E-state index in [2.05, 4.69) is 140 Å². The number of benzene rings is 3. The Morgan fingerprint density at radius 3 is 1.42 bits per heavy atom. The predicted octanol–water partition coefficient (Wildman–Crippen LogP) is 9.59. The molecule has 22 nitrogen and oxygen atoms in total. The topological polar surface area (TPSA) is 289 Å². The molecular weight excluding hydrogens is 1280 g/mol. The number of piperazine rings is 2. The van der Waals surface area contributed by atoms with E-state index in [0.29, 0.717) is 5.95 Å². The number of carbonyl (C=O) groups is 3. The first-order chi connectivity index (χ1) is 46.1. The number of primary amides is 2. The Bertz CT molecular complexity index is 3880. The molecule has 3 aromatic heterocycles. The fourth-order valence-corrected chi connectivity index (χ4v) is 15.0. The molecule has 5 fully saturated rings. The van der Waals surface area contributed by atoms with E-state index in [1.165, 1.54) is 16.9 Å². The van der Waals surface area contributed by atoms with E-state index in [0.717, 1.165) is 118 Å². The van der Waals surface area contributed by atoms with Gasteiger partial charge in [0, 0.05) is 93.2 Å². The molecule has 14 rings (SSSR count). The maximum atomic E-state index is 14.5. The fraction of sp³-hybridized carbons (Fsp3) is 0.443. The van der Waals surface area contributed by atoms with Gasteiger partial charge in [-0.3, -0.25) is 14.4 Å². The number of nitrogens with two attached hydrogens (primary N) is 3. The van der Waals surface area contributed by atoms with Gasteiger partial charge in [0.1, 0.15) is 5.75 Å². The number of allylic oxidation sites excluding steroid dienone is 3. The van der Waals surface area contributed by atoms with Crippen molar-refractivity contribution in [2.45, 2.75) is 71.6 Å². The molecule has 13 atom stereocenters. The molecule has 516 valence electrons. The molecule has 8 aliphatic rings. The zero-order valence-electron chi connectivity index (χ0n) is 54.5. The van der Waals surface area contributed by atoms with Gasteiger partial charge in [-0.2, -0.15) is 15.0 Å². The summed E-state index contributed by atoms with van der Waals surface area (Å²) in [5.41, 5.74) is 24.5. The SMILES string of the molecule is C.COc1ccc([C@@H](C)NC(=O)[C@@H]2[C@H](Nc3nc(Cl)ncc3F)[C@H]3C=C[C@@H]2C3)cc1.Cc1cc(N)ccc1N1CCN(C)CC1.Cc1cc(Nc2ncc(F)c(N[C@H]3[C@@H](C(N)=O)[C@@H]4C=C[C@H]3C4)n2)ccc1N1CCN(C)CC1.NC(=O)[C@@H]1[C@H](Nc2nc(Cl)ncc2F)[C@H]2C=C[C@@H]1C2. The number of methoxy groups -OCH3 is 1. The summed E-state index contributed by atoms with van der Waals surface area (Å²) in [4.78, 5) is 69.6. The van der Waals surface area contributed by atoms with Gasteiger partial charge in [0.25, 0.3) is 0 Å². The van der Waals surface area contributed by atoms with Gasteiger partial charge in [-0.25, -0.2) is 28.1 Å². The number of aryl methyl sites for hydroxylation is 2.